The van der Waals surface area contributed by atoms with Crippen molar-refractivity contribution in [2.75, 3.05) is 24.5 Å². The van der Waals surface area contributed by atoms with Gasteiger partial charge in [-0.25, -0.2) is 4.98 Å². The molecule has 0 saturated carbocycles. The van der Waals surface area contributed by atoms with Crippen molar-refractivity contribution < 1.29 is 0 Å². The smallest absolute Gasteiger partial charge is 0.161 e. The van der Waals surface area contributed by atoms with Gasteiger partial charge in [0.2, 0.25) is 0 Å². The van der Waals surface area contributed by atoms with Crippen LogP contribution in [0.5, 0.6) is 0 Å². The normalized spacial score (nSPS) is 16.6. The lowest BCUT2D eigenvalue weighted by Gasteiger charge is -2.21. The summed E-state index contributed by atoms with van der Waals surface area (Å²) in [5, 5.41) is 9.12. The number of hydrogen-bond donors (Lipinski definition) is 1. The Balaban J connectivity index is 1.45. The molecule has 2 aliphatic rings. The second kappa shape index (κ2) is 7.65. The molecule has 1 saturated heterocycles. The molecule has 0 radical (unpaired) electrons. The third kappa shape index (κ3) is 3.24. The Labute approximate surface area is 193 Å². The molecule has 4 aromatic rings. The molecule has 1 atom stereocenters. The lowest BCUT2D eigenvalue weighted by atomic mass is 10.1. The number of imidazole rings is 1. The van der Waals surface area contributed by atoms with E-state index >= 15 is 0 Å². The van der Waals surface area contributed by atoms with Crippen LogP contribution in [-0.4, -0.2) is 33.8 Å². The van der Waals surface area contributed by atoms with Crippen LogP contribution in [0, 0.1) is 24.2 Å². The molecule has 0 aliphatic carbocycles. The molecule has 33 heavy (non-hydrogen) atoms. The molecule has 2 N–H and O–H groups in total. The predicted molar refractivity (Wildman–Crippen MR) is 130 cm³/mol. The Kier molecular flexibility index (Phi) is 4.60. The number of fused-ring (bicyclic) bond motifs is 5. The first-order valence-electron chi connectivity index (χ1n) is 11.5. The number of nitriles is 1. The number of benzene rings is 2. The van der Waals surface area contributed by atoms with Crippen LogP contribution in [0.2, 0.25) is 0 Å². The fourth-order valence-corrected chi connectivity index (χ4v) is 5.20. The lowest BCUT2D eigenvalue weighted by molar-refractivity contribution is 0.602. The van der Waals surface area contributed by atoms with Gasteiger partial charge in [0.1, 0.15) is 0 Å². The summed E-state index contributed by atoms with van der Waals surface area (Å²) in [5.74, 6) is 1.54. The second-order valence-corrected chi connectivity index (χ2v) is 9.14. The van der Waals surface area contributed by atoms with Gasteiger partial charge in [-0.1, -0.05) is 12.1 Å². The molecule has 2 aromatic heterocycles. The van der Waals surface area contributed by atoms with E-state index in [1.54, 1.807) is 0 Å². The summed E-state index contributed by atoms with van der Waals surface area (Å²) in [7, 11) is 0. The molecule has 6 nitrogen and oxygen atoms in total. The number of aryl methyl sites for hydroxylation is 1. The minimum absolute atomic E-state index is 0.581. The van der Waals surface area contributed by atoms with E-state index in [4.69, 9.17) is 16.0 Å². The molecule has 0 bridgehead atoms. The van der Waals surface area contributed by atoms with Gasteiger partial charge in [-0.2, -0.15) is 5.26 Å². The molecule has 2 aromatic carbocycles. The van der Waals surface area contributed by atoms with Crippen LogP contribution in [-0.2, 0) is 6.54 Å². The Morgan fingerprint density at radius 1 is 1.12 bits per heavy atom. The van der Waals surface area contributed by atoms with Gasteiger partial charge in [0, 0.05) is 49.0 Å². The van der Waals surface area contributed by atoms with Gasteiger partial charge in [0.15, 0.2) is 5.82 Å². The number of aromatic nitrogens is 3. The van der Waals surface area contributed by atoms with Gasteiger partial charge in [0.25, 0.3) is 0 Å². The molecule has 0 spiro atoms. The van der Waals surface area contributed by atoms with Gasteiger partial charge in [-0.3, -0.25) is 4.57 Å². The average molecular weight is 435 g/mol. The lowest BCUT2D eigenvalue weighted by Crippen LogP contribution is -2.22. The molecule has 6 heteroatoms. The number of nitrogens with zero attached hydrogens (tertiary/aromatic N) is 5. The molecule has 164 valence electrons. The maximum absolute atomic E-state index is 9.12. The average Bonchev–Trinajstić information content (AvgIpc) is 3.56. The van der Waals surface area contributed by atoms with Crippen LogP contribution >= 0.6 is 0 Å². The van der Waals surface area contributed by atoms with Gasteiger partial charge >= 0.3 is 0 Å². The van der Waals surface area contributed by atoms with Gasteiger partial charge in [0.05, 0.1) is 23.0 Å². The molecule has 0 amide bonds. The SMILES string of the molecule is Cc1cnc2n1-c1ccc(N3CC[C@@H](CN)C3)cc1Cn1cc(-c3ccc(C#N)cc3)cc1-2. The predicted octanol–water partition coefficient (Wildman–Crippen LogP) is 4.33. The minimum atomic E-state index is 0.581. The third-order valence-corrected chi connectivity index (χ3v) is 7.04. The summed E-state index contributed by atoms with van der Waals surface area (Å²) in [6.07, 6.45) is 5.31. The van der Waals surface area contributed by atoms with Gasteiger partial charge < -0.3 is 15.2 Å². The van der Waals surface area contributed by atoms with Crippen LogP contribution in [0.3, 0.4) is 0 Å². The maximum Gasteiger partial charge on any atom is 0.161 e. The standard InChI is InChI=1S/C27H26N6/c1-18-14-30-27-26-11-22(21-4-2-19(12-28)3-5-21)16-32(26)17-23-10-24(6-7-25(23)33(18)27)31-9-8-20(13-29)15-31/h2-7,10-11,14,16,20H,8-9,13,15,17,29H2,1H3/t20-/m0/s1. The number of rotatable bonds is 3. The zero-order valence-corrected chi connectivity index (χ0v) is 18.7. The summed E-state index contributed by atoms with van der Waals surface area (Å²) >= 11 is 0. The van der Waals surface area contributed by atoms with Crippen molar-refractivity contribution in [3.8, 4) is 34.4 Å². The van der Waals surface area contributed by atoms with Crippen LogP contribution in [0.4, 0.5) is 5.69 Å². The number of nitrogens with two attached hydrogens (primary N) is 1. The zero-order valence-electron chi connectivity index (χ0n) is 18.7. The van der Waals surface area contributed by atoms with E-state index in [0.717, 1.165) is 60.9 Å². The van der Waals surface area contributed by atoms with E-state index in [1.807, 2.05) is 30.5 Å². The van der Waals surface area contributed by atoms with E-state index in [9.17, 15) is 0 Å². The van der Waals surface area contributed by atoms with Crippen molar-refractivity contribution in [2.45, 2.75) is 19.9 Å². The van der Waals surface area contributed by atoms with Crippen molar-refractivity contribution in [3.05, 3.63) is 77.7 Å². The van der Waals surface area contributed by atoms with E-state index in [-0.39, 0.29) is 0 Å². The topological polar surface area (TPSA) is 75.8 Å². The quantitative estimate of drug-likeness (QED) is 0.458. The summed E-state index contributed by atoms with van der Waals surface area (Å²) in [5.41, 5.74) is 14.8. The van der Waals surface area contributed by atoms with Crippen molar-refractivity contribution in [1.82, 2.24) is 14.1 Å². The van der Waals surface area contributed by atoms with Crippen molar-refractivity contribution in [2.24, 2.45) is 11.7 Å². The second-order valence-electron chi connectivity index (χ2n) is 9.14. The number of hydrogen-bond acceptors (Lipinski definition) is 4. The summed E-state index contributed by atoms with van der Waals surface area (Å²) in [4.78, 5) is 7.25. The monoisotopic (exact) mass is 434 g/mol. The van der Waals surface area contributed by atoms with Crippen molar-refractivity contribution in [3.63, 3.8) is 0 Å². The van der Waals surface area contributed by atoms with Crippen molar-refractivity contribution >= 4 is 5.69 Å². The Morgan fingerprint density at radius 3 is 2.73 bits per heavy atom. The molecule has 1 fully saturated rings. The highest BCUT2D eigenvalue weighted by Crippen LogP contribution is 2.37. The van der Waals surface area contributed by atoms with Crippen LogP contribution in [0.1, 0.15) is 23.2 Å². The Morgan fingerprint density at radius 2 is 1.97 bits per heavy atom. The highest BCUT2D eigenvalue weighted by Gasteiger charge is 2.25. The first-order valence-corrected chi connectivity index (χ1v) is 11.5. The number of anilines is 1. The van der Waals surface area contributed by atoms with Crippen molar-refractivity contribution in [1.29, 1.82) is 5.26 Å². The van der Waals surface area contributed by atoms with Crippen LogP contribution in [0.25, 0.3) is 28.3 Å². The first kappa shape index (κ1) is 19.8. The molecule has 6 rings (SSSR count). The van der Waals surface area contributed by atoms with E-state index in [1.165, 1.54) is 16.9 Å². The first-order chi connectivity index (χ1) is 16.1. The highest BCUT2D eigenvalue weighted by molar-refractivity contribution is 5.73. The largest absolute Gasteiger partial charge is 0.371 e. The summed E-state index contributed by atoms with van der Waals surface area (Å²) < 4.78 is 4.57. The Hall–Kier alpha value is -3.82. The van der Waals surface area contributed by atoms with Gasteiger partial charge in [-0.15, -0.1) is 0 Å². The van der Waals surface area contributed by atoms with Crippen LogP contribution < -0.4 is 10.6 Å². The molecular weight excluding hydrogens is 408 g/mol. The molecule has 2 aliphatic heterocycles. The Bertz CT molecular complexity index is 1390. The van der Waals surface area contributed by atoms with Gasteiger partial charge in [-0.05, 0) is 73.3 Å². The highest BCUT2D eigenvalue weighted by atomic mass is 15.2. The van der Waals surface area contributed by atoms with E-state index in [0.29, 0.717) is 11.5 Å². The van der Waals surface area contributed by atoms with Crippen LogP contribution in [0.15, 0.2) is 60.9 Å². The van der Waals surface area contributed by atoms with E-state index in [2.05, 4.69) is 57.5 Å². The maximum atomic E-state index is 9.12. The molecule has 4 heterocycles. The van der Waals surface area contributed by atoms with E-state index < -0.39 is 0 Å². The fourth-order valence-electron chi connectivity index (χ4n) is 5.20. The molecule has 0 unspecified atom stereocenters. The summed E-state index contributed by atoms with van der Waals surface area (Å²) in [6.45, 7) is 5.74. The molecular formula is C27H26N6. The zero-order chi connectivity index (χ0) is 22.5. The third-order valence-electron chi connectivity index (χ3n) is 7.04. The summed E-state index contributed by atoms with van der Waals surface area (Å²) in [6, 6.07) is 19.0. The fraction of sp³-hybridized carbons (Fsp3) is 0.259. The minimum Gasteiger partial charge on any atom is -0.371 e.